The predicted molar refractivity (Wildman–Crippen MR) is 131 cm³/mol. The van der Waals surface area contributed by atoms with E-state index in [9.17, 15) is 4.79 Å². The molecule has 0 saturated carbocycles. The van der Waals surface area contributed by atoms with Crippen LogP contribution in [0.1, 0.15) is 61.3 Å². The Bertz CT molecular complexity index is 1400. The van der Waals surface area contributed by atoms with E-state index in [0.717, 1.165) is 47.1 Å². The van der Waals surface area contributed by atoms with Crippen LogP contribution in [-0.2, 0) is 12.0 Å². The van der Waals surface area contributed by atoms with Gasteiger partial charge in [0.1, 0.15) is 6.04 Å². The first kappa shape index (κ1) is 21.4. The average Bonchev–Trinajstić information content (AvgIpc) is 3.46. The predicted octanol–water partition coefficient (Wildman–Crippen LogP) is 4.43. The number of benzene rings is 2. The number of aryl methyl sites for hydroxylation is 2. The highest BCUT2D eigenvalue weighted by molar-refractivity contribution is 5.85. The fourth-order valence-corrected chi connectivity index (χ4v) is 4.82. The molecule has 3 heterocycles. The average molecular weight is 443 g/mol. The molecule has 1 N–H and O–H groups in total. The Morgan fingerprint density at radius 3 is 2.67 bits per heavy atom. The molecular weight excluding hydrogens is 412 g/mol. The first-order valence-electron chi connectivity index (χ1n) is 11.6. The Kier molecular flexibility index (Phi) is 5.07. The fraction of sp³-hybridized carbons (Fsp3) is 0.385. The van der Waals surface area contributed by atoms with E-state index in [2.05, 4.69) is 77.4 Å². The summed E-state index contributed by atoms with van der Waals surface area (Å²) in [5.41, 5.74) is 5.75. The summed E-state index contributed by atoms with van der Waals surface area (Å²) in [5, 5.41) is 14.0. The number of pyridine rings is 1. The van der Waals surface area contributed by atoms with Crippen LogP contribution in [0.2, 0.25) is 0 Å². The van der Waals surface area contributed by atoms with Gasteiger partial charge in [-0.3, -0.25) is 4.79 Å². The lowest BCUT2D eigenvalue weighted by Crippen LogP contribution is -2.37. The lowest BCUT2D eigenvalue weighted by Gasteiger charge is -2.32. The number of aromatic nitrogens is 5. The number of para-hydroxylation sites is 1. The molecule has 4 aromatic rings. The maximum atomic E-state index is 13.6. The Hall–Kier alpha value is -3.48. The number of hydrogen-bond acceptors (Lipinski definition) is 5. The zero-order valence-electron chi connectivity index (χ0n) is 19.9. The summed E-state index contributed by atoms with van der Waals surface area (Å²) in [6.45, 7) is 11.3. The molecule has 0 radical (unpaired) electrons. The summed E-state index contributed by atoms with van der Waals surface area (Å²) in [6, 6.07) is 14.2. The molecule has 5 rings (SSSR count). The van der Waals surface area contributed by atoms with Crippen molar-refractivity contribution < 1.29 is 0 Å². The monoisotopic (exact) mass is 442 g/mol. The lowest BCUT2D eigenvalue weighted by atomic mass is 9.97. The zero-order chi connectivity index (χ0) is 23.3. The van der Waals surface area contributed by atoms with Crippen molar-refractivity contribution in [1.82, 2.24) is 25.2 Å². The standard InChI is InChI=1S/C26H30N6O/c1-6-26(4,5)32-24(28-29-30-32)23(31-14-13-18-9-7-8-10-21(18)31)20-15-19-16(2)11-12-17(3)22(19)27-25(20)33/h7-12,15,23H,6,13-14H2,1-5H3,(H,27,33)/t23-/m0/s1. The minimum Gasteiger partial charge on any atom is -0.357 e. The highest BCUT2D eigenvalue weighted by Gasteiger charge is 2.36. The third kappa shape index (κ3) is 3.43. The van der Waals surface area contributed by atoms with Gasteiger partial charge in [0.2, 0.25) is 0 Å². The van der Waals surface area contributed by atoms with E-state index in [-0.39, 0.29) is 11.1 Å². The van der Waals surface area contributed by atoms with E-state index >= 15 is 0 Å². The largest absolute Gasteiger partial charge is 0.357 e. The quantitative estimate of drug-likeness (QED) is 0.495. The summed E-state index contributed by atoms with van der Waals surface area (Å²) in [7, 11) is 0. The minimum atomic E-state index is -0.400. The highest BCUT2D eigenvalue weighted by Crippen LogP contribution is 2.38. The molecule has 2 aromatic heterocycles. The zero-order valence-corrected chi connectivity index (χ0v) is 19.9. The molecule has 0 aliphatic carbocycles. The molecule has 1 aliphatic heterocycles. The third-order valence-corrected chi connectivity index (χ3v) is 7.18. The highest BCUT2D eigenvalue weighted by atomic mass is 16.1. The van der Waals surface area contributed by atoms with E-state index < -0.39 is 6.04 Å². The molecule has 0 bridgehead atoms. The van der Waals surface area contributed by atoms with Crippen LogP contribution in [0.5, 0.6) is 0 Å². The van der Waals surface area contributed by atoms with E-state index in [1.165, 1.54) is 5.56 Å². The Balaban J connectivity index is 1.79. The Morgan fingerprint density at radius 1 is 1.12 bits per heavy atom. The third-order valence-electron chi connectivity index (χ3n) is 7.18. The van der Waals surface area contributed by atoms with Gasteiger partial charge in [0, 0.05) is 23.2 Å². The second kappa shape index (κ2) is 7.83. The van der Waals surface area contributed by atoms with Gasteiger partial charge in [-0.1, -0.05) is 37.3 Å². The normalized spacial score (nSPS) is 14.6. The SMILES string of the molecule is CCC(C)(C)n1nnnc1[C@H](c1cc2c(C)ccc(C)c2[nH]c1=O)N1CCc2ccccc21. The van der Waals surface area contributed by atoms with Gasteiger partial charge in [-0.15, -0.1) is 5.10 Å². The van der Waals surface area contributed by atoms with Crippen molar-refractivity contribution in [2.24, 2.45) is 0 Å². The Labute approximate surface area is 193 Å². The molecule has 0 amide bonds. The van der Waals surface area contributed by atoms with Crippen LogP contribution in [0.4, 0.5) is 5.69 Å². The number of hydrogen-bond donors (Lipinski definition) is 1. The summed E-state index contributed by atoms with van der Waals surface area (Å²) in [6.07, 6.45) is 1.79. The van der Waals surface area contributed by atoms with Gasteiger partial charge in [0.15, 0.2) is 5.82 Å². The van der Waals surface area contributed by atoms with Crippen LogP contribution < -0.4 is 10.5 Å². The van der Waals surface area contributed by atoms with Crippen LogP contribution in [0.15, 0.2) is 47.3 Å². The van der Waals surface area contributed by atoms with Crippen molar-refractivity contribution in [2.45, 2.75) is 59.0 Å². The molecule has 0 unspecified atom stereocenters. The summed E-state index contributed by atoms with van der Waals surface area (Å²) in [4.78, 5) is 19.0. The van der Waals surface area contributed by atoms with Gasteiger partial charge in [-0.2, -0.15) is 0 Å². The van der Waals surface area contributed by atoms with Gasteiger partial charge in [0.25, 0.3) is 5.56 Å². The number of nitrogens with one attached hydrogen (secondary N) is 1. The molecule has 33 heavy (non-hydrogen) atoms. The number of H-pyrrole nitrogens is 1. The topological polar surface area (TPSA) is 79.7 Å². The summed E-state index contributed by atoms with van der Waals surface area (Å²) in [5.74, 6) is 0.689. The van der Waals surface area contributed by atoms with Crippen molar-refractivity contribution in [3.63, 3.8) is 0 Å². The van der Waals surface area contributed by atoms with Gasteiger partial charge in [0.05, 0.1) is 11.1 Å². The van der Waals surface area contributed by atoms with Crippen LogP contribution in [-0.4, -0.2) is 31.7 Å². The van der Waals surface area contributed by atoms with Gasteiger partial charge < -0.3 is 9.88 Å². The van der Waals surface area contributed by atoms with Crippen LogP contribution >= 0.6 is 0 Å². The lowest BCUT2D eigenvalue weighted by molar-refractivity contribution is 0.287. The second-order valence-electron chi connectivity index (χ2n) is 9.63. The van der Waals surface area contributed by atoms with E-state index in [4.69, 9.17) is 0 Å². The van der Waals surface area contributed by atoms with Crippen molar-refractivity contribution in [2.75, 3.05) is 11.4 Å². The van der Waals surface area contributed by atoms with Gasteiger partial charge >= 0.3 is 0 Å². The number of anilines is 1. The van der Waals surface area contributed by atoms with Gasteiger partial charge in [-0.25, -0.2) is 4.68 Å². The van der Waals surface area contributed by atoms with E-state index in [1.807, 2.05) is 29.8 Å². The van der Waals surface area contributed by atoms with Crippen LogP contribution in [0.25, 0.3) is 10.9 Å². The number of aromatic amines is 1. The van der Waals surface area contributed by atoms with Crippen LogP contribution in [0.3, 0.4) is 0 Å². The van der Waals surface area contributed by atoms with Crippen molar-refractivity contribution in [3.05, 3.63) is 80.9 Å². The Morgan fingerprint density at radius 2 is 1.88 bits per heavy atom. The van der Waals surface area contributed by atoms with E-state index in [1.54, 1.807) is 0 Å². The maximum Gasteiger partial charge on any atom is 0.254 e. The molecule has 2 aromatic carbocycles. The molecule has 1 aliphatic rings. The molecular formula is C26H30N6O. The van der Waals surface area contributed by atoms with E-state index in [0.29, 0.717) is 11.4 Å². The molecule has 7 nitrogen and oxygen atoms in total. The molecule has 0 spiro atoms. The maximum absolute atomic E-state index is 13.6. The first-order chi connectivity index (χ1) is 15.8. The number of nitrogens with zero attached hydrogens (tertiary/aromatic N) is 5. The minimum absolute atomic E-state index is 0.102. The molecule has 7 heteroatoms. The second-order valence-corrected chi connectivity index (χ2v) is 9.63. The van der Waals surface area contributed by atoms with Gasteiger partial charge in [-0.05, 0) is 79.8 Å². The van der Waals surface area contributed by atoms with Crippen molar-refractivity contribution >= 4 is 16.6 Å². The summed E-state index contributed by atoms with van der Waals surface area (Å²) >= 11 is 0. The molecule has 1 atom stereocenters. The number of rotatable bonds is 5. The molecule has 170 valence electrons. The smallest absolute Gasteiger partial charge is 0.254 e. The van der Waals surface area contributed by atoms with Crippen molar-refractivity contribution in [1.29, 1.82) is 0 Å². The molecule has 0 saturated heterocycles. The summed E-state index contributed by atoms with van der Waals surface area (Å²) < 4.78 is 1.89. The number of fused-ring (bicyclic) bond motifs is 2. The number of tetrazole rings is 1. The fourth-order valence-electron chi connectivity index (χ4n) is 4.82. The van der Waals surface area contributed by atoms with Crippen LogP contribution in [0, 0.1) is 13.8 Å². The van der Waals surface area contributed by atoms with Crippen molar-refractivity contribution in [3.8, 4) is 0 Å². The first-order valence-corrected chi connectivity index (χ1v) is 11.6. The molecule has 0 fully saturated rings.